The van der Waals surface area contributed by atoms with E-state index >= 15 is 0 Å². The molecule has 0 spiro atoms. The summed E-state index contributed by atoms with van der Waals surface area (Å²) in [6.07, 6.45) is -0.489. The van der Waals surface area contributed by atoms with Crippen LogP contribution in [0, 0.1) is 19.7 Å². The van der Waals surface area contributed by atoms with E-state index in [-0.39, 0.29) is 5.52 Å². The molecule has 0 bridgehead atoms. The highest BCUT2D eigenvalue weighted by Crippen LogP contribution is 2.28. The minimum absolute atomic E-state index is 0.110. The average Bonchev–Trinajstić information content (AvgIpc) is 3.54. The Morgan fingerprint density at radius 2 is 1.97 bits per heavy atom. The molecule has 3 heterocycles. The van der Waals surface area contributed by atoms with Crippen molar-refractivity contribution < 1.29 is 33.5 Å². The number of aromatic nitrogens is 6. The molecule has 0 saturated heterocycles. The highest BCUT2D eigenvalue weighted by molar-refractivity contribution is 9.10. The summed E-state index contributed by atoms with van der Waals surface area (Å²) in [5, 5.41) is 39.0. The predicted molar refractivity (Wildman–Crippen MR) is 129 cm³/mol. The second-order valence-electron chi connectivity index (χ2n) is 8.36. The number of hydrogen-bond acceptors (Lipinski definition) is 8. The smallest absolute Gasteiger partial charge is 0.348 e. The molecule has 0 aliphatic rings. The molecule has 0 atom stereocenters. The van der Waals surface area contributed by atoms with Crippen molar-refractivity contribution in [3.05, 3.63) is 63.3 Å². The molecule has 5 aromatic rings. The Hall–Kier alpha value is -4.17. The number of carboxylic acid groups (broad SMARTS) is 2. The third kappa shape index (κ3) is 4.13. The van der Waals surface area contributed by atoms with Gasteiger partial charge < -0.3 is 19.5 Å². The van der Waals surface area contributed by atoms with Crippen LogP contribution in [0.2, 0.25) is 0 Å². The number of nitrogens with zero attached hydrogens (tertiary/aromatic N) is 5. The van der Waals surface area contributed by atoms with Crippen LogP contribution in [0.4, 0.5) is 4.39 Å². The molecule has 0 amide bonds. The van der Waals surface area contributed by atoms with E-state index in [1.165, 1.54) is 10.7 Å². The summed E-state index contributed by atoms with van der Waals surface area (Å²) in [6, 6.07) is 8.06. The zero-order valence-corrected chi connectivity index (χ0v) is 20.9. The maximum absolute atomic E-state index is 14.2. The zero-order valence-electron chi connectivity index (χ0n) is 19.3. The third-order valence-electron chi connectivity index (χ3n) is 6.09. The number of H-pyrrole nitrogens is 1. The summed E-state index contributed by atoms with van der Waals surface area (Å²) in [4.78, 5) is 24.3. The number of carbonyl (C=O) groups is 2. The van der Waals surface area contributed by atoms with E-state index in [1.807, 2.05) is 0 Å². The van der Waals surface area contributed by atoms with Crippen molar-refractivity contribution in [3.8, 4) is 5.69 Å². The van der Waals surface area contributed by atoms with Gasteiger partial charge in [0, 0.05) is 21.8 Å². The number of carboxylic acids is 2. The SMILES string of the molecule is Cc1noc(C)c1CC(OCc1n[nH]c2cc(-n3nnc4c(F)cc(Br)cc43)ccc12)(C(=O)O)C(=O)O. The van der Waals surface area contributed by atoms with E-state index in [4.69, 9.17) is 9.26 Å². The summed E-state index contributed by atoms with van der Waals surface area (Å²) in [5.41, 5.74) is 0.0701. The number of aliphatic carboxylic acids is 2. The monoisotopic (exact) mass is 572 g/mol. The number of aryl methyl sites for hydroxylation is 2. The van der Waals surface area contributed by atoms with Crippen LogP contribution >= 0.6 is 15.9 Å². The van der Waals surface area contributed by atoms with E-state index in [2.05, 4.69) is 41.6 Å². The van der Waals surface area contributed by atoms with E-state index in [9.17, 15) is 24.2 Å². The molecule has 0 radical (unpaired) electrons. The molecule has 2 aromatic carbocycles. The van der Waals surface area contributed by atoms with Crippen molar-refractivity contribution in [1.29, 1.82) is 0 Å². The quantitative estimate of drug-likeness (QED) is 0.234. The van der Waals surface area contributed by atoms with E-state index in [1.54, 1.807) is 38.1 Å². The van der Waals surface area contributed by atoms with E-state index in [0.29, 0.717) is 49.3 Å². The lowest BCUT2D eigenvalue weighted by Crippen LogP contribution is -2.51. The van der Waals surface area contributed by atoms with Crippen molar-refractivity contribution >= 4 is 49.8 Å². The largest absolute Gasteiger partial charge is 0.479 e. The molecule has 12 nitrogen and oxygen atoms in total. The molecule has 3 N–H and O–H groups in total. The van der Waals surface area contributed by atoms with E-state index < -0.39 is 36.4 Å². The Morgan fingerprint density at radius 1 is 1.22 bits per heavy atom. The van der Waals surface area contributed by atoms with Crippen LogP contribution in [0.25, 0.3) is 27.6 Å². The Bertz CT molecular complexity index is 1660. The Balaban J connectivity index is 1.46. The van der Waals surface area contributed by atoms with Crippen LogP contribution in [0.1, 0.15) is 22.7 Å². The number of hydrogen-bond donors (Lipinski definition) is 3. The third-order valence-corrected chi connectivity index (χ3v) is 6.55. The van der Waals surface area contributed by atoms with Gasteiger partial charge in [0.15, 0.2) is 5.82 Å². The number of fused-ring (bicyclic) bond motifs is 2. The van der Waals surface area contributed by atoms with Gasteiger partial charge in [-0.05, 0) is 44.2 Å². The molecule has 0 saturated carbocycles. The van der Waals surface area contributed by atoms with Gasteiger partial charge in [-0.1, -0.05) is 26.3 Å². The Labute approximate surface area is 215 Å². The number of nitrogens with one attached hydrogen (secondary N) is 1. The highest BCUT2D eigenvalue weighted by Gasteiger charge is 2.49. The summed E-state index contributed by atoms with van der Waals surface area (Å²) >= 11 is 3.27. The first kappa shape index (κ1) is 24.5. The normalized spacial score (nSPS) is 12.0. The van der Waals surface area contributed by atoms with Crippen LogP contribution < -0.4 is 0 Å². The fourth-order valence-corrected chi connectivity index (χ4v) is 4.48. The van der Waals surface area contributed by atoms with Gasteiger partial charge in [0.05, 0.1) is 34.7 Å². The van der Waals surface area contributed by atoms with Gasteiger partial charge in [0.1, 0.15) is 11.3 Å². The molecule has 190 valence electrons. The van der Waals surface area contributed by atoms with Crippen molar-refractivity contribution in [1.82, 2.24) is 30.3 Å². The molecule has 14 heteroatoms. The number of aromatic amines is 1. The van der Waals surface area contributed by atoms with Crippen LogP contribution in [0.3, 0.4) is 0 Å². The van der Waals surface area contributed by atoms with Crippen LogP contribution in [-0.2, 0) is 27.4 Å². The lowest BCUT2D eigenvalue weighted by molar-refractivity contribution is -0.185. The minimum Gasteiger partial charge on any atom is -0.479 e. The fraction of sp³-hybridized carbons (Fsp3) is 0.217. The first-order chi connectivity index (χ1) is 17.6. The maximum Gasteiger partial charge on any atom is 0.348 e. The van der Waals surface area contributed by atoms with Gasteiger partial charge in [-0.25, -0.2) is 18.7 Å². The predicted octanol–water partition coefficient (Wildman–Crippen LogP) is 3.47. The molecular weight excluding hydrogens is 555 g/mol. The second-order valence-corrected chi connectivity index (χ2v) is 9.28. The van der Waals surface area contributed by atoms with Crippen LogP contribution in [0.5, 0.6) is 0 Å². The number of benzene rings is 2. The van der Waals surface area contributed by atoms with Gasteiger partial charge in [0.25, 0.3) is 5.60 Å². The molecule has 0 aliphatic carbocycles. The van der Waals surface area contributed by atoms with Crippen molar-refractivity contribution in [2.75, 3.05) is 0 Å². The lowest BCUT2D eigenvalue weighted by Gasteiger charge is -2.25. The van der Waals surface area contributed by atoms with Gasteiger partial charge >= 0.3 is 11.9 Å². The topological polar surface area (TPSA) is 169 Å². The minimum atomic E-state index is -2.59. The first-order valence-corrected chi connectivity index (χ1v) is 11.6. The highest BCUT2D eigenvalue weighted by atomic mass is 79.9. The number of halogens is 2. The lowest BCUT2D eigenvalue weighted by atomic mass is 9.93. The molecule has 0 unspecified atom stereocenters. The first-order valence-electron chi connectivity index (χ1n) is 10.8. The average molecular weight is 573 g/mol. The van der Waals surface area contributed by atoms with Gasteiger partial charge in [-0.3, -0.25) is 5.10 Å². The standard InChI is InChI=1S/C23H18BrFN6O6/c1-10-15(11(2)37-29-10)8-23(21(32)33,22(34)35)36-9-18-14-4-3-13(7-17(14)26-27-18)31-19-6-12(24)5-16(25)20(19)28-30-31/h3-7H,8-9H2,1-2H3,(H,26,27)(H,32,33)(H,34,35). The Kier molecular flexibility index (Phi) is 6.00. The molecule has 0 aliphatic heterocycles. The summed E-state index contributed by atoms with van der Waals surface area (Å²) in [6.45, 7) is 2.74. The number of rotatable bonds is 8. The zero-order chi connectivity index (χ0) is 26.5. The number of ether oxygens (including phenoxy) is 1. The summed E-state index contributed by atoms with van der Waals surface area (Å²) in [5.74, 6) is -3.55. The molecule has 3 aromatic heterocycles. The van der Waals surface area contributed by atoms with E-state index in [0.717, 1.165) is 0 Å². The van der Waals surface area contributed by atoms with Crippen molar-refractivity contribution in [2.24, 2.45) is 0 Å². The van der Waals surface area contributed by atoms with Crippen LogP contribution in [0.15, 0.2) is 39.3 Å². The summed E-state index contributed by atoms with van der Waals surface area (Å²) in [7, 11) is 0. The van der Waals surface area contributed by atoms with Gasteiger partial charge in [-0.2, -0.15) is 5.10 Å². The second kappa shape index (κ2) is 9.05. The fourth-order valence-electron chi connectivity index (χ4n) is 4.06. The summed E-state index contributed by atoms with van der Waals surface area (Å²) < 4.78 is 26.8. The molecule has 0 fully saturated rings. The van der Waals surface area contributed by atoms with Crippen LogP contribution in [-0.4, -0.2) is 58.1 Å². The van der Waals surface area contributed by atoms with Crippen molar-refractivity contribution in [3.63, 3.8) is 0 Å². The molecular formula is C23H18BrFN6O6. The van der Waals surface area contributed by atoms with Crippen molar-refractivity contribution in [2.45, 2.75) is 32.5 Å². The molecule has 37 heavy (non-hydrogen) atoms. The maximum atomic E-state index is 14.2. The Morgan fingerprint density at radius 3 is 2.65 bits per heavy atom. The molecule has 5 rings (SSSR count). The van der Waals surface area contributed by atoms with Gasteiger partial charge in [-0.15, -0.1) is 5.10 Å². The van der Waals surface area contributed by atoms with Gasteiger partial charge in [0.2, 0.25) is 0 Å².